The van der Waals surface area contributed by atoms with Gasteiger partial charge in [-0.2, -0.15) is 47.9 Å². The summed E-state index contributed by atoms with van der Waals surface area (Å²) < 4.78 is 140. The van der Waals surface area contributed by atoms with Crippen molar-refractivity contribution in [1.82, 2.24) is 0 Å². The molecule has 24 heavy (non-hydrogen) atoms. The molecule has 0 aromatic heterocycles. The molecular weight excluding hydrogens is 451 g/mol. The summed E-state index contributed by atoms with van der Waals surface area (Å²) in [6.45, 7) is 0. The lowest BCUT2D eigenvalue weighted by molar-refractivity contribution is -0.382. The maximum Gasteiger partial charge on any atom is 0.460 e. The van der Waals surface area contributed by atoms with Crippen LogP contribution in [0.15, 0.2) is 28.7 Å². The van der Waals surface area contributed by atoms with E-state index in [1.54, 1.807) is 0 Å². The monoisotopic (exact) mass is 454 g/mol. The fourth-order valence-corrected chi connectivity index (χ4v) is 2.60. The lowest BCUT2D eigenvalue weighted by Gasteiger charge is -2.32. The summed E-state index contributed by atoms with van der Waals surface area (Å²) in [6.07, 6.45) is -7.14. The minimum absolute atomic E-state index is 0.365. The Kier molecular flexibility index (Phi) is 5.19. The van der Waals surface area contributed by atoms with Crippen LogP contribution in [0.1, 0.15) is 0 Å². The number of halogens is 10. The standard InChI is InChI=1S/C10H4BrF9O3S/c11-5-3-1-2-4-6(5)23-24(21,22)10(19,20)8(14,15)7(12,13)9(16,17)18/h1-4H. The van der Waals surface area contributed by atoms with Crippen LogP contribution in [0.5, 0.6) is 5.75 Å². The second-order valence-electron chi connectivity index (χ2n) is 4.13. The Balaban J connectivity index is 3.38. The van der Waals surface area contributed by atoms with Gasteiger partial charge in [-0.15, -0.1) is 0 Å². The normalized spacial score (nSPS) is 14.6. The van der Waals surface area contributed by atoms with Crippen molar-refractivity contribution in [2.45, 2.75) is 23.3 Å². The molecular formula is C10H4BrF9O3S. The Morgan fingerprint density at radius 2 is 1.29 bits per heavy atom. The highest BCUT2D eigenvalue weighted by molar-refractivity contribution is 9.10. The Labute approximate surface area is 136 Å². The molecule has 0 amide bonds. The predicted molar refractivity (Wildman–Crippen MR) is 64.6 cm³/mol. The third-order valence-corrected chi connectivity index (χ3v) is 4.40. The van der Waals surface area contributed by atoms with Gasteiger partial charge in [0.2, 0.25) is 0 Å². The molecule has 0 spiro atoms. The van der Waals surface area contributed by atoms with E-state index in [0.717, 1.165) is 12.1 Å². The fraction of sp³-hybridized carbons (Fsp3) is 0.400. The summed E-state index contributed by atoms with van der Waals surface area (Å²) in [4.78, 5) is 0. The first kappa shape index (κ1) is 20.9. The molecule has 0 saturated heterocycles. The Bertz CT molecular complexity index is 715. The largest absolute Gasteiger partial charge is 0.460 e. The van der Waals surface area contributed by atoms with Gasteiger partial charge in [0, 0.05) is 0 Å². The maximum absolute atomic E-state index is 13.4. The maximum atomic E-state index is 13.4. The van der Waals surface area contributed by atoms with Crippen molar-refractivity contribution in [3.05, 3.63) is 28.7 Å². The molecule has 0 fully saturated rings. The van der Waals surface area contributed by atoms with Crippen LogP contribution in [0.4, 0.5) is 39.5 Å². The Hall–Kier alpha value is -1.18. The van der Waals surface area contributed by atoms with Gasteiger partial charge in [-0.25, -0.2) is 0 Å². The van der Waals surface area contributed by atoms with Crippen LogP contribution in [0, 0.1) is 0 Å². The topological polar surface area (TPSA) is 43.4 Å². The number of hydrogen-bond acceptors (Lipinski definition) is 3. The van der Waals surface area contributed by atoms with Gasteiger partial charge in [-0.05, 0) is 28.1 Å². The molecule has 1 aromatic rings. The summed E-state index contributed by atoms with van der Waals surface area (Å²) in [7, 11) is -6.93. The highest BCUT2D eigenvalue weighted by Gasteiger charge is 2.86. The third-order valence-electron chi connectivity index (χ3n) is 2.47. The highest BCUT2D eigenvalue weighted by atomic mass is 79.9. The van der Waals surface area contributed by atoms with E-state index < -0.39 is 39.1 Å². The molecule has 0 bridgehead atoms. The smallest absolute Gasteiger partial charge is 0.377 e. The lowest BCUT2D eigenvalue weighted by atomic mass is 10.1. The van der Waals surface area contributed by atoms with Crippen molar-refractivity contribution < 1.29 is 52.1 Å². The second kappa shape index (κ2) is 5.97. The summed E-state index contributed by atoms with van der Waals surface area (Å²) in [5, 5.41) is -6.89. The van der Waals surface area contributed by atoms with E-state index in [1.165, 1.54) is 6.07 Å². The second-order valence-corrected chi connectivity index (χ2v) is 6.57. The number of hydrogen-bond donors (Lipinski definition) is 0. The minimum atomic E-state index is -7.34. The zero-order valence-electron chi connectivity index (χ0n) is 10.7. The van der Waals surface area contributed by atoms with E-state index >= 15 is 0 Å². The Morgan fingerprint density at radius 1 is 0.833 bits per heavy atom. The van der Waals surface area contributed by atoms with Gasteiger partial charge in [0.25, 0.3) is 0 Å². The minimum Gasteiger partial charge on any atom is -0.377 e. The molecule has 0 N–H and O–H groups in total. The molecule has 0 aliphatic carbocycles. The molecule has 0 heterocycles. The SMILES string of the molecule is O=S(=O)(Oc1ccccc1Br)C(F)(F)C(F)(F)C(F)(F)C(F)(F)F. The van der Waals surface area contributed by atoms with Gasteiger partial charge >= 0.3 is 33.4 Å². The summed E-state index contributed by atoms with van der Waals surface area (Å²) in [5.41, 5.74) is 0. The zero-order valence-corrected chi connectivity index (χ0v) is 13.1. The molecule has 3 nitrogen and oxygen atoms in total. The average molecular weight is 455 g/mol. The van der Waals surface area contributed by atoms with E-state index in [9.17, 15) is 47.9 Å². The van der Waals surface area contributed by atoms with E-state index in [4.69, 9.17) is 0 Å². The van der Waals surface area contributed by atoms with Gasteiger partial charge in [-0.3, -0.25) is 0 Å². The first-order chi connectivity index (χ1) is 10.5. The molecule has 0 saturated carbocycles. The van der Waals surface area contributed by atoms with E-state index in [1.807, 2.05) is 0 Å². The van der Waals surface area contributed by atoms with Gasteiger partial charge in [-0.1, -0.05) is 12.1 Å². The average Bonchev–Trinajstić information content (AvgIpc) is 2.39. The summed E-state index contributed by atoms with van der Waals surface area (Å²) in [5.74, 6) is -15.7. The van der Waals surface area contributed by atoms with Gasteiger partial charge in [0.05, 0.1) is 4.47 Å². The van der Waals surface area contributed by atoms with Crippen molar-refractivity contribution in [2.75, 3.05) is 0 Å². The number of alkyl halides is 9. The third kappa shape index (κ3) is 3.17. The van der Waals surface area contributed by atoms with E-state index in [2.05, 4.69) is 20.1 Å². The Morgan fingerprint density at radius 3 is 1.71 bits per heavy atom. The summed E-state index contributed by atoms with van der Waals surface area (Å²) in [6, 6.07) is 3.88. The van der Waals surface area contributed by atoms with Gasteiger partial charge in [0.1, 0.15) is 0 Å². The number of rotatable bonds is 5. The van der Waals surface area contributed by atoms with Crippen LogP contribution < -0.4 is 4.18 Å². The molecule has 0 radical (unpaired) electrons. The van der Waals surface area contributed by atoms with Crippen LogP contribution in [-0.4, -0.2) is 31.7 Å². The molecule has 1 aromatic carbocycles. The van der Waals surface area contributed by atoms with Gasteiger partial charge < -0.3 is 4.18 Å². The van der Waals surface area contributed by atoms with E-state index in [-0.39, 0.29) is 4.47 Å². The van der Waals surface area contributed by atoms with Crippen molar-refractivity contribution in [3.63, 3.8) is 0 Å². The number of benzene rings is 1. The van der Waals surface area contributed by atoms with Crippen LogP contribution in [-0.2, 0) is 10.1 Å². The van der Waals surface area contributed by atoms with Gasteiger partial charge in [0.15, 0.2) is 5.75 Å². The first-order valence-electron chi connectivity index (χ1n) is 5.38. The van der Waals surface area contributed by atoms with Crippen molar-refractivity contribution >= 4 is 26.0 Å². The first-order valence-corrected chi connectivity index (χ1v) is 7.58. The van der Waals surface area contributed by atoms with Crippen molar-refractivity contribution in [2.24, 2.45) is 0 Å². The fourth-order valence-electron chi connectivity index (χ4n) is 1.20. The highest BCUT2D eigenvalue weighted by Crippen LogP contribution is 2.55. The molecule has 1 rings (SSSR count). The molecule has 14 heteroatoms. The van der Waals surface area contributed by atoms with E-state index in [0.29, 0.717) is 6.07 Å². The number of para-hydroxylation sites is 1. The molecule has 0 aliphatic heterocycles. The van der Waals surface area contributed by atoms with Crippen LogP contribution in [0.25, 0.3) is 0 Å². The molecule has 138 valence electrons. The van der Waals surface area contributed by atoms with Crippen LogP contribution in [0.3, 0.4) is 0 Å². The van der Waals surface area contributed by atoms with Crippen molar-refractivity contribution in [3.8, 4) is 5.75 Å². The van der Waals surface area contributed by atoms with Crippen LogP contribution in [0.2, 0.25) is 0 Å². The zero-order chi connectivity index (χ0) is 19.2. The molecule has 0 aliphatic rings. The van der Waals surface area contributed by atoms with Crippen LogP contribution >= 0.6 is 15.9 Å². The summed E-state index contributed by atoms with van der Waals surface area (Å²) >= 11 is 2.59. The quantitative estimate of drug-likeness (QED) is 0.483. The molecule has 0 atom stereocenters. The lowest BCUT2D eigenvalue weighted by Crippen LogP contribution is -2.63. The molecule has 0 unspecified atom stereocenters. The predicted octanol–water partition coefficient (Wildman–Crippen LogP) is 4.58. The van der Waals surface area contributed by atoms with Crippen molar-refractivity contribution in [1.29, 1.82) is 0 Å².